The molecule has 3 aromatic carbocycles. The van der Waals surface area contributed by atoms with E-state index in [-0.39, 0.29) is 11.9 Å². The van der Waals surface area contributed by atoms with E-state index >= 15 is 0 Å². The van der Waals surface area contributed by atoms with E-state index in [0.717, 1.165) is 41.1 Å². The fraction of sp³-hybridized carbons (Fsp3) is 0.259. The van der Waals surface area contributed by atoms with Crippen molar-refractivity contribution in [1.29, 1.82) is 0 Å². The molecule has 1 amide bonds. The molecule has 0 spiro atoms. The lowest BCUT2D eigenvalue weighted by molar-refractivity contribution is 0.0937. The number of aromatic nitrogens is 2. The first kappa shape index (κ1) is 21.6. The van der Waals surface area contributed by atoms with Gasteiger partial charge in [0.05, 0.1) is 23.7 Å². The Kier molecular flexibility index (Phi) is 6.55. The Labute approximate surface area is 189 Å². The third kappa shape index (κ3) is 4.83. The number of ether oxygens (including phenoxy) is 1. The Balaban J connectivity index is 1.48. The number of carbonyl (C=O) groups is 1. The Morgan fingerprint density at radius 1 is 1.03 bits per heavy atom. The summed E-state index contributed by atoms with van der Waals surface area (Å²) in [6, 6.07) is 23.4. The molecule has 5 nitrogen and oxygen atoms in total. The second-order valence-electron chi connectivity index (χ2n) is 8.14. The number of fused-ring (bicyclic) bond motifs is 1. The highest BCUT2D eigenvalue weighted by Gasteiger charge is 2.19. The van der Waals surface area contributed by atoms with E-state index in [1.807, 2.05) is 61.5 Å². The van der Waals surface area contributed by atoms with Gasteiger partial charge >= 0.3 is 0 Å². The highest BCUT2D eigenvalue weighted by Crippen LogP contribution is 2.23. The summed E-state index contributed by atoms with van der Waals surface area (Å²) in [7, 11) is 0. The van der Waals surface area contributed by atoms with Crippen molar-refractivity contribution in [2.45, 2.75) is 39.8 Å². The first-order valence-electron chi connectivity index (χ1n) is 11.0. The normalized spacial score (nSPS) is 12.0. The van der Waals surface area contributed by atoms with Crippen LogP contribution in [0.4, 0.5) is 0 Å². The Morgan fingerprint density at radius 3 is 2.56 bits per heavy atom. The zero-order chi connectivity index (χ0) is 22.5. The van der Waals surface area contributed by atoms with Gasteiger partial charge in [-0.15, -0.1) is 0 Å². The smallest absolute Gasteiger partial charge is 0.251 e. The SMILES string of the molecule is Cc1ccc(OCCCn2c(C(C)NC(=O)c3ccccc3)nc3ccccc32)c(C)c1. The van der Waals surface area contributed by atoms with Crippen LogP contribution >= 0.6 is 0 Å². The molecule has 0 aliphatic carbocycles. The van der Waals surface area contributed by atoms with E-state index in [4.69, 9.17) is 9.72 Å². The van der Waals surface area contributed by atoms with Crippen LogP contribution in [0.25, 0.3) is 11.0 Å². The molecule has 0 saturated carbocycles. The maximum absolute atomic E-state index is 12.7. The number of rotatable bonds is 8. The summed E-state index contributed by atoms with van der Waals surface area (Å²) in [5.74, 6) is 1.67. The van der Waals surface area contributed by atoms with Crippen molar-refractivity contribution in [3.63, 3.8) is 0 Å². The lowest BCUT2D eigenvalue weighted by Gasteiger charge is -2.17. The fourth-order valence-corrected chi connectivity index (χ4v) is 3.96. The van der Waals surface area contributed by atoms with Gasteiger partial charge in [-0.3, -0.25) is 4.79 Å². The number of imidazole rings is 1. The van der Waals surface area contributed by atoms with Crippen LogP contribution in [0.1, 0.15) is 46.7 Å². The van der Waals surface area contributed by atoms with Crippen LogP contribution in [0.5, 0.6) is 5.75 Å². The molecule has 0 radical (unpaired) electrons. The molecule has 0 aliphatic rings. The van der Waals surface area contributed by atoms with E-state index in [1.165, 1.54) is 5.56 Å². The van der Waals surface area contributed by atoms with Crippen molar-refractivity contribution < 1.29 is 9.53 Å². The van der Waals surface area contributed by atoms with E-state index in [0.29, 0.717) is 12.2 Å². The van der Waals surface area contributed by atoms with E-state index in [1.54, 1.807) is 0 Å². The molecule has 164 valence electrons. The molecular formula is C27H29N3O2. The third-order valence-electron chi connectivity index (χ3n) is 5.57. The number of nitrogens with one attached hydrogen (secondary N) is 1. The molecule has 1 atom stereocenters. The van der Waals surface area contributed by atoms with Gasteiger partial charge in [-0.05, 0) is 63.1 Å². The minimum atomic E-state index is -0.227. The topological polar surface area (TPSA) is 56.1 Å². The average molecular weight is 428 g/mol. The largest absolute Gasteiger partial charge is 0.493 e. The monoisotopic (exact) mass is 427 g/mol. The molecule has 4 rings (SSSR count). The zero-order valence-corrected chi connectivity index (χ0v) is 18.8. The van der Waals surface area contributed by atoms with Crippen molar-refractivity contribution in [3.8, 4) is 5.75 Å². The summed E-state index contributed by atoms with van der Waals surface area (Å²) in [5, 5.41) is 3.09. The quantitative estimate of drug-likeness (QED) is 0.372. The lowest BCUT2D eigenvalue weighted by atomic mass is 10.1. The Morgan fingerprint density at radius 2 is 1.78 bits per heavy atom. The van der Waals surface area contributed by atoms with Crippen LogP contribution in [0.3, 0.4) is 0 Å². The van der Waals surface area contributed by atoms with E-state index < -0.39 is 0 Å². The first-order chi connectivity index (χ1) is 15.5. The van der Waals surface area contributed by atoms with Gasteiger partial charge in [0.15, 0.2) is 0 Å². The highest BCUT2D eigenvalue weighted by molar-refractivity contribution is 5.94. The van der Waals surface area contributed by atoms with Crippen molar-refractivity contribution in [1.82, 2.24) is 14.9 Å². The van der Waals surface area contributed by atoms with Crippen LogP contribution in [-0.2, 0) is 6.54 Å². The summed E-state index contributed by atoms with van der Waals surface area (Å²) in [6.07, 6.45) is 0.833. The summed E-state index contributed by atoms with van der Waals surface area (Å²) >= 11 is 0. The molecule has 1 aromatic heterocycles. The van der Waals surface area contributed by atoms with Crippen LogP contribution in [0.2, 0.25) is 0 Å². The molecule has 4 aromatic rings. The predicted molar refractivity (Wildman–Crippen MR) is 128 cm³/mol. The molecule has 5 heteroatoms. The molecule has 1 unspecified atom stereocenters. The Bertz CT molecular complexity index is 1210. The lowest BCUT2D eigenvalue weighted by Crippen LogP contribution is -2.28. The van der Waals surface area contributed by atoms with Crippen molar-refractivity contribution >= 4 is 16.9 Å². The molecule has 0 fully saturated rings. The third-order valence-corrected chi connectivity index (χ3v) is 5.57. The molecule has 1 N–H and O–H groups in total. The van der Waals surface area contributed by atoms with Gasteiger partial charge in [0.2, 0.25) is 0 Å². The van der Waals surface area contributed by atoms with Crippen molar-refractivity contribution in [3.05, 3.63) is 95.3 Å². The number of amides is 1. The van der Waals surface area contributed by atoms with Gasteiger partial charge in [-0.1, -0.05) is 48.0 Å². The average Bonchev–Trinajstić information content (AvgIpc) is 3.17. The second kappa shape index (κ2) is 9.69. The Hall–Kier alpha value is -3.60. The van der Waals surface area contributed by atoms with Gasteiger partial charge in [-0.2, -0.15) is 0 Å². The van der Waals surface area contributed by atoms with Crippen LogP contribution in [0.15, 0.2) is 72.8 Å². The molecule has 32 heavy (non-hydrogen) atoms. The van der Waals surface area contributed by atoms with E-state index in [2.05, 4.69) is 41.9 Å². The van der Waals surface area contributed by atoms with Crippen LogP contribution in [0, 0.1) is 13.8 Å². The number of para-hydroxylation sites is 2. The van der Waals surface area contributed by atoms with E-state index in [9.17, 15) is 4.79 Å². The highest BCUT2D eigenvalue weighted by atomic mass is 16.5. The number of hydrogen-bond acceptors (Lipinski definition) is 3. The standard InChI is InChI=1S/C27H29N3O2/c1-19-14-15-25(20(2)18-19)32-17-9-16-30-24-13-8-7-12-23(24)29-26(30)21(3)28-27(31)22-10-5-4-6-11-22/h4-8,10-15,18,21H,9,16-17H2,1-3H3,(H,28,31). The minimum absolute atomic E-state index is 0.102. The van der Waals surface area contributed by atoms with Gasteiger partial charge in [0.1, 0.15) is 11.6 Å². The van der Waals surface area contributed by atoms with Crippen LogP contribution in [-0.4, -0.2) is 22.1 Å². The number of aryl methyl sites for hydroxylation is 3. The van der Waals surface area contributed by atoms with Crippen molar-refractivity contribution in [2.24, 2.45) is 0 Å². The number of benzene rings is 3. The number of nitrogens with zero attached hydrogens (tertiary/aromatic N) is 2. The van der Waals surface area contributed by atoms with Gasteiger partial charge < -0.3 is 14.6 Å². The fourth-order valence-electron chi connectivity index (χ4n) is 3.96. The number of carbonyl (C=O) groups excluding carboxylic acids is 1. The molecule has 0 saturated heterocycles. The molecule has 0 bridgehead atoms. The summed E-state index contributed by atoms with van der Waals surface area (Å²) < 4.78 is 8.21. The minimum Gasteiger partial charge on any atom is -0.493 e. The zero-order valence-electron chi connectivity index (χ0n) is 18.8. The number of hydrogen-bond donors (Lipinski definition) is 1. The maximum Gasteiger partial charge on any atom is 0.251 e. The summed E-state index contributed by atoms with van der Waals surface area (Å²) in [4.78, 5) is 17.5. The van der Waals surface area contributed by atoms with Crippen molar-refractivity contribution in [2.75, 3.05) is 6.61 Å². The molecular weight excluding hydrogens is 398 g/mol. The summed E-state index contributed by atoms with van der Waals surface area (Å²) in [6.45, 7) is 7.50. The molecule has 1 heterocycles. The summed E-state index contributed by atoms with van der Waals surface area (Å²) in [5.41, 5.74) is 5.02. The van der Waals surface area contributed by atoms with Gasteiger partial charge in [0.25, 0.3) is 5.91 Å². The molecule has 0 aliphatic heterocycles. The van der Waals surface area contributed by atoms with Crippen LogP contribution < -0.4 is 10.1 Å². The van der Waals surface area contributed by atoms with Gasteiger partial charge in [0, 0.05) is 12.1 Å². The maximum atomic E-state index is 12.7. The van der Waals surface area contributed by atoms with Gasteiger partial charge in [-0.25, -0.2) is 4.98 Å². The predicted octanol–water partition coefficient (Wildman–Crippen LogP) is 5.61. The second-order valence-corrected chi connectivity index (χ2v) is 8.14. The first-order valence-corrected chi connectivity index (χ1v) is 11.0.